The van der Waals surface area contributed by atoms with Crippen LogP contribution < -0.4 is 15.4 Å². The van der Waals surface area contributed by atoms with Gasteiger partial charge in [0.25, 0.3) is 5.91 Å². The van der Waals surface area contributed by atoms with E-state index in [-0.39, 0.29) is 6.61 Å². The molecule has 1 rings (SSSR count). The van der Waals surface area contributed by atoms with Crippen molar-refractivity contribution in [1.82, 2.24) is 10.6 Å². The maximum absolute atomic E-state index is 11.4. The van der Waals surface area contributed by atoms with Gasteiger partial charge < -0.3 is 14.8 Å². The first-order chi connectivity index (χ1) is 10.5. The SMILES string of the molecule is CCCNC(=O)NC(=O)COC(=O)COc1ccc(Cl)cc1. The van der Waals surface area contributed by atoms with E-state index in [1.807, 2.05) is 12.2 Å². The second kappa shape index (κ2) is 9.62. The quantitative estimate of drug-likeness (QED) is 0.740. The maximum atomic E-state index is 11.4. The van der Waals surface area contributed by atoms with Crippen molar-refractivity contribution in [3.05, 3.63) is 29.3 Å². The molecule has 120 valence electrons. The summed E-state index contributed by atoms with van der Waals surface area (Å²) in [5.41, 5.74) is 0. The van der Waals surface area contributed by atoms with Crippen LogP contribution in [0.2, 0.25) is 5.02 Å². The van der Waals surface area contributed by atoms with E-state index in [0.717, 1.165) is 6.42 Å². The van der Waals surface area contributed by atoms with Crippen molar-refractivity contribution in [2.24, 2.45) is 0 Å². The summed E-state index contributed by atoms with van der Waals surface area (Å²) in [6, 6.07) is 5.80. The topological polar surface area (TPSA) is 93.7 Å². The number of ether oxygens (including phenoxy) is 2. The summed E-state index contributed by atoms with van der Waals surface area (Å²) in [6.07, 6.45) is 0.749. The molecule has 22 heavy (non-hydrogen) atoms. The number of amides is 3. The molecule has 3 amide bonds. The number of hydrogen-bond acceptors (Lipinski definition) is 5. The number of benzene rings is 1. The molecule has 0 aliphatic rings. The minimum absolute atomic E-state index is 0.350. The van der Waals surface area contributed by atoms with E-state index in [2.05, 4.69) is 10.1 Å². The fraction of sp³-hybridized carbons (Fsp3) is 0.357. The summed E-state index contributed by atoms with van der Waals surface area (Å²) < 4.78 is 9.82. The molecule has 1 aromatic carbocycles. The molecular weight excluding hydrogens is 312 g/mol. The van der Waals surface area contributed by atoms with Crippen LogP contribution in [0.5, 0.6) is 5.75 Å². The Morgan fingerprint density at radius 1 is 1.14 bits per heavy atom. The number of urea groups is 1. The van der Waals surface area contributed by atoms with Crippen molar-refractivity contribution < 1.29 is 23.9 Å². The van der Waals surface area contributed by atoms with Gasteiger partial charge in [0, 0.05) is 11.6 Å². The summed E-state index contributed by atoms with van der Waals surface area (Å²) in [7, 11) is 0. The zero-order chi connectivity index (χ0) is 16.4. The normalized spacial score (nSPS) is 9.73. The van der Waals surface area contributed by atoms with Gasteiger partial charge in [-0.1, -0.05) is 18.5 Å². The molecule has 0 unspecified atom stereocenters. The molecule has 0 spiro atoms. The standard InChI is InChI=1S/C14H17ClN2O5/c1-2-7-16-14(20)17-12(18)8-22-13(19)9-21-11-5-3-10(15)4-6-11/h3-6H,2,7-9H2,1H3,(H2,16,17,18,20). The maximum Gasteiger partial charge on any atom is 0.344 e. The fourth-order valence-corrected chi connectivity index (χ4v) is 1.43. The predicted molar refractivity (Wildman–Crippen MR) is 79.7 cm³/mol. The molecule has 0 heterocycles. The third-order valence-electron chi connectivity index (χ3n) is 2.32. The van der Waals surface area contributed by atoms with Crippen molar-refractivity contribution in [2.75, 3.05) is 19.8 Å². The number of carbonyl (C=O) groups excluding carboxylic acids is 3. The van der Waals surface area contributed by atoms with Gasteiger partial charge in [0.1, 0.15) is 5.75 Å². The lowest BCUT2D eigenvalue weighted by Gasteiger charge is -2.08. The van der Waals surface area contributed by atoms with E-state index < -0.39 is 24.5 Å². The van der Waals surface area contributed by atoms with E-state index in [9.17, 15) is 14.4 Å². The molecule has 0 fully saturated rings. The summed E-state index contributed by atoms with van der Waals surface area (Å²) >= 11 is 5.71. The van der Waals surface area contributed by atoms with Crippen LogP contribution in [0.1, 0.15) is 13.3 Å². The number of nitrogens with one attached hydrogen (secondary N) is 2. The number of imide groups is 1. The molecule has 0 aliphatic heterocycles. The van der Waals surface area contributed by atoms with Gasteiger partial charge in [0.05, 0.1) is 0 Å². The summed E-state index contributed by atoms with van der Waals surface area (Å²) in [5.74, 6) is -0.989. The van der Waals surface area contributed by atoms with Crippen LogP contribution in [0.4, 0.5) is 4.79 Å². The molecule has 2 N–H and O–H groups in total. The molecule has 7 nitrogen and oxygen atoms in total. The first-order valence-electron chi connectivity index (χ1n) is 6.63. The summed E-state index contributed by atoms with van der Waals surface area (Å²) in [5, 5.41) is 5.03. The Morgan fingerprint density at radius 2 is 1.82 bits per heavy atom. The zero-order valence-corrected chi connectivity index (χ0v) is 12.8. The third kappa shape index (κ3) is 7.49. The molecule has 0 aromatic heterocycles. The van der Waals surface area contributed by atoms with Crippen molar-refractivity contribution >= 4 is 29.5 Å². The minimum Gasteiger partial charge on any atom is -0.482 e. The molecule has 0 radical (unpaired) electrons. The molecule has 8 heteroatoms. The lowest BCUT2D eigenvalue weighted by atomic mass is 10.3. The predicted octanol–water partition coefficient (Wildman–Crippen LogP) is 1.50. The van der Waals surface area contributed by atoms with Gasteiger partial charge in [-0.2, -0.15) is 0 Å². The monoisotopic (exact) mass is 328 g/mol. The Bertz CT molecular complexity index is 518. The summed E-state index contributed by atoms with van der Waals surface area (Å²) in [6.45, 7) is 1.43. The first-order valence-corrected chi connectivity index (χ1v) is 7.00. The van der Waals surface area contributed by atoms with Crippen LogP contribution in [-0.2, 0) is 14.3 Å². The zero-order valence-electron chi connectivity index (χ0n) is 12.1. The van der Waals surface area contributed by atoms with Crippen LogP contribution in [0, 0.1) is 0 Å². The van der Waals surface area contributed by atoms with Gasteiger partial charge in [-0.25, -0.2) is 9.59 Å². The number of rotatable bonds is 7. The molecular formula is C14H17ClN2O5. The van der Waals surface area contributed by atoms with Crippen LogP contribution in [0.3, 0.4) is 0 Å². The van der Waals surface area contributed by atoms with Crippen LogP contribution in [0.15, 0.2) is 24.3 Å². The Labute approximate surface area is 132 Å². The molecule has 0 saturated heterocycles. The highest BCUT2D eigenvalue weighted by atomic mass is 35.5. The Kier molecular flexibility index (Phi) is 7.77. The number of hydrogen-bond donors (Lipinski definition) is 2. The van der Waals surface area contributed by atoms with E-state index >= 15 is 0 Å². The molecule has 0 aliphatic carbocycles. The number of carbonyl (C=O) groups is 3. The van der Waals surface area contributed by atoms with Crippen LogP contribution in [-0.4, -0.2) is 37.7 Å². The minimum atomic E-state index is -0.723. The average Bonchev–Trinajstić information content (AvgIpc) is 2.50. The van der Waals surface area contributed by atoms with Crippen molar-refractivity contribution in [2.45, 2.75) is 13.3 Å². The van der Waals surface area contributed by atoms with Crippen LogP contribution in [0.25, 0.3) is 0 Å². The molecule has 1 aromatic rings. The van der Waals surface area contributed by atoms with Gasteiger partial charge in [0.2, 0.25) is 0 Å². The van der Waals surface area contributed by atoms with Gasteiger partial charge in [0.15, 0.2) is 13.2 Å². The van der Waals surface area contributed by atoms with Crippen molar-refractivity contribution in [1.29, 1.82) is 0 Å². The number of esters is 1. The van der Waals surface area contributed by atoms with Gasteiger partial charge >= 0.3 is 12.0 Å². The van der Waals surface area contributed by atoms with E-state index in [1.165, 1.54) is 0 Å². The second-order valence-electron chi connectivity index (χ2n) is 4.21. The van der Waals surface area contributed by atoms with E-state index in [4.69, 9.17) is 16.3 Å². The van der Waals surface area contributed by atoms with E-state index in [1.54, 1.807) is 24.3 Å². The molecule has 0 bridgehead atoms. The first kappa shape index (κ1) is 17.8. The number of halogens is 1. The van der Waals surface area contributed by atoms with Gasteiger partial charge in [-0.3, -0.25) is 10.1 Å². The average molecular weight is 329 g/mol. The lowest BCUT2D eigenvalue weighted by Crippen LogP contribution is -2.41. The molecule has 0 atom stereocenters. The lowest BCUT2D eigenvalue weighted by molar-refractivity contribution is -0.150. The third-order valence-corrected chi connectivity index (χ3v) is 2.58. The fourth-order valence-electron chi connectivity index (χ4n) is 1.31. The van der Waals surface area contributed by atoms with Crippen molar-refractivity contribution in [3.63, 3.8) is 0 Å². The summed E-state index contributed by atoms with van der Waals surface area (Å²) in [4.78, 5) is 33.9. The smallest absolute Gasteiger partial charge is 0.344 e. The highest BCUT2D eigenvalue weighted by Crippen LogP contribution is 2.15. The van der Waals surface area contributed by atoms with Gasteiger partial charge in [-0.05, 0) is 30.7 Å². The Hall–Kier alpha value is -2.28. The highest BCUT2D eigenvalue weighted by molar-refractivity contribution is 6.30. The molecule has 0 saturated carbocycles. The highest BCUT2D eigenvalue weighted by Gasteiger charge is 2.11. The largest absolute Gasteiger partial charge is 0.482 e. The Balaban J connectivity index is 2.21. The van der Waals surface area contributed by atoms with E-state index in [0.29, 0.717) is 17.3 Å². The van der Waals surface area contributed by atoms with Crippen LogP contribution >= 0.6 is 11.6 Å². The van der Waals surface area contributed by atoms with Crippen molar-refractivity contribution in [3.8, 4) is 5.75 Å². The van der Waals surface area contributed by atoms with Gasteiger partial charge in [-0.15, -0.1) is 0 Å². The second-order valence-corrected chi connectivity index (χ2v) is 4.64. The Morgan fingerprint density at radius 3 is 2.45 bits per heavy atom.